The number of anilines is 1. The highest BCUT2D eigenvalue weighted by atomic mass is 19.1. The SMILES string of the molecule is Cn1c(=O)oc2cc(NC(=O)CCc3cc4ccc(F)cc4[nH]c3=O)ccc21. The van der Waals surface area contributed by atoms with Crippen LogP contribution in [-0.2, 0) is 18.3 Å². The molecular formula is C20H16FN3O4. The summed E-state index contributed by atoms with van der Waals surface area (Å²) < 4.78 is 19.7. The van der Waals surface area contributed by atoms with Crippen LogP contribution in [0, 0.1) is 5.82 Å². The quantitative estimate of drug-likeness (QED) is 0.568. The van der Waals surface area contributed by atoms with Crippen LogP contribution in [0.2, 0.25) is 0 Å². The lowest BCUT2D eigenvalue weighted by Gasteiger charge is -2.06. The average molecular weight is 381 g/mol. The summed E-state index contributed by atoms with van der Waals surface area (Å²) in [6.07, 6.45) is 0.323. The largest absolute Gasteiger partial charge is 0.419 e. The molecule has 0 bridgehead atoms. The molecule has 2 aromatic heterocycles. The van der Waals surface area contributed by atoms with Crippen molar-refractivity contribution in [2.24, 2.45) is 7.05 Å². The van der Waals surface area contributed by atoms with Crippen molar-refractivity contribution < 1.29 is 13.6 Å². The average Bonchev–Trinajstić information content (AvgIpc) is 2.93. The first-order valence-electron chi connectivity index (χ1n) is 8.61. The molecule has 0 unspecified atom stereocenters. The lowest BCUT2D eigenvalue weighted by molar-refractivity contribution is -0.116. The summed E-state index contributed by atoms with van der Waals surface area (Å²) in [6, 6.07) is 10.7. The lowest BCUT2D eigenvalue weighted by atomic mass is 10.1. The molecule has 2 N–H and O–H groups in total. The predicted octanol–water partition coefficient (Wildman–Crippen LogP) is 2.68. The zero-order valence-corrected chi connectivity index (χ0v) is 14.9. The summed E-state index contributed by atoms with van der Waals surface area (Å²) in [5, 5.41) is 3.42. The van der Waals surface area contributed by atoms with Crippen LogP contribution in [0.4, 0.5) is 10.1 Å². The van der Waals surface area contributed by atoms with Gasteiger partial charge < -0.3 is 14.7 Å². The molecule has 4 rings (SSSR count). The number of aryl methyl sites for hydroxylation is 2. The molecule has 0 fully saturated rings. The number of amides is 1. The van der Waals surface area contributed by atoms with E-state index < -0.39 is 11.6 Å². The maximum atomic E-state index is 13.3. The molecular weight excluding hydrogens is 365 g/mol. The maximum Gasteiger partial charge on any atom is 0.419 e. The van der Waals surface area contributed by atoms with Crippen molar-refractivity contribution in [3.63, 3.8) is 0 Å². The van der Waals surface area contributed by atoms with Gasteiger partial charge in [-0.25, -0.2) is 9.18 Å². The van der Waals surface area contributed by atoms with Crippen LogP contribution in [0.1, 0.15) is 12.0 Å². The highest BCUT2D eigenvalue weighted by molar-refractivity contribution is 5.93. The van der Waals surface area contributed by atoms with E-state index in [1.807, 2.05) is 0 Å². The van der Waals surface area contributed by atoms with Crippen molar-refractivity contribution in [2.75, 3.05) is 5.32 Å². The fraction of sp³-hybridized carbons (Fsp3) is 0.150. The van der Waals surface area contributed by atoms with Gasteiger partial charge in [-0.1, -0.05) is 0 Å². The zero-order chi connectivity index (χ0) is 19.8. The molecule has 0 aliphatic rings. The number of hydrogen-bond acceptors (Lipinski definition) is 4. The Morgan fingerprint density at radius 3 is 2.82 bits per heavy atom. The van der Waals surface area contributed by atoms with Crippen LogP contribution in [0.5, 0.6) is 0 Å². The van der Waals surface area contributed by atoms with Gasteiger partial charge >= 0.3 is 5.76 Å². The third kappa shape index (κ3) is 3.32. The Bertz CT molecular complexity index is 1330. The highest BCUT2D eigenvalue weighted by Crippen LogP contribution is 2.18. The van der Waals surface area contributed by atoms with Gasteiger partial charge in [-0.05, 0) is 48.2 Å². The third-order valence-electron chi connectivity index (χ3n) is 4.58. The van der Waals surface area contributed by atoms with Crippen molar-refractivity contribution in [1.82, 2.24) is 9.55 Å². The molecule has 2 aromatic carbocycles. The molecule has 2 heterocycles. The Morgan fingerprint density at radius 2 is 2.00 bits per heavy atom. The van der Waals surface area contributed by atoms with E-state index in [0.29, 0.717) is 33.3 Å². The minimum atomic E-state index is -0.478. The Labute approximate surface area is 157 Å². The number of fused-ring (bicyclic) bond motifs is 2. The summed E-state index contributed by atoms with van der Waals surface area (Å²) in [5.74, 6) is -1.19. The minimum absolute atomic E-state index is 0.0898. The summed E-state index contributed by atoms with van der Waals surface area (Å²) in [4.78, 5) is 38.5. The van der Waals surface area contributed by atoms with Gasteiger partial charge in [0, 0.05) is 30.8 Å². The zero-order valence-electron chi connectivity index (χ0n) is 14.9. The number of pyridine rings is 1. The van der Waals surface area contributed by atoms with Crippen LogP contribution < -0.4 is 16.6 Å². The van der Waals surface area contributed by atoms with E-state index >= 15 is 0 Å². The summed E-state index contributed by atoms with van der Waals surface area (Å²) >= 11 is 0. The van der Waals surface area contributed by atoms with Crippen LogP contribution in [0.25, 0.3) is 22.0 Å². The topological polar surface area (TPSA) is 97.1 Å². The molecule has 4 aromatic rings. The number of carbonyl (C=O) groups excluding carboxylic acids is 1. The Kier molecular flexibility index (Phi) is 4.31. The van der Waals surface area contributed by atoms with Crippen LogP contribution in [0.15, 0.2) is 56.5 Å². The second kappa shape index (κ2) is 6.80. The van der Waals surface area contributed by atoms with Crippen LogP contribution in [-0.4, -0.2) is 15.5 Å². The molecule has 7 nitrogen and oxygen atoms in total. The molecule has 0 saturated heterocycles. The number of halogens is 1. The lowest BCUT2D eigenvalue weighted by Crippen LogP contribution is -2.17. The molecule has 28 heavy (non-hydrogen) atoms. The minimum Gasteiger partial charge on any atom is -0.408 e. The number of nitrogens with zero attached hydrogens (tertiary/aromatic N) is 1. The van der Waals surface area contributed by atoms with E-state index in [1.165, 1.54) is 16.7 Å². The molecule has 8 heteroatoms. The number of oxazole rings is 1. The molecule has 0 spiro atoms. The van der Waals surface area contributed by atoms with Crippen molar-refractivity contribution in [3.05, 3.63) is 74.7 Å². The van der Waals surface area contributed by atoms with E-state index in [2.05, 4.69) is 10.3 Å². The first kappa shape index (κ1) is 17.7. The van der Waals surface area contributed by atoms with E-state index in [9.17, 15) is 18.8 Å². The normalized spacial score (nSPS) is 11.2. The fourth-order valence-corrected chi connectivity index (χ4v) is 3.09. The Hall–Kier alpha value is -3.68. The summed E-state index contributed by atoms with van der Waals surface area (Å²) in [6.45, 7) is 0. The number of aromatic nitrogens is 2. The number of benzene rings is 2. The number of rotatable bonds is 4. The van der Waals surface area contributed by atoms with Gasteiger partial charge in [0.1, 0.15) is 5.82 Å². The summed E-state index contributed by atoms with van der Waals surface area (Å²) in [7, 11) is 1.60. The van der Waals surface area contributed by atoms with E-state index in [1.54, 1.807) is 37.4 Å². The van der Waals surface area contributed by atoms with Gasteiger partial charge in [-0.15, -0.1) is 0 Å². The van der Waals surface area contributed by atoms with Crippen molar-refractivity contribution in [2.45, 2.75) is 12.8 Å². The van der Waals surface area contributed by atoms with E-state index in [4.69, 9.17) is 4.42 Å². The van der Waals surface area contributed by atoms with Crippen molar-refractivity contribution in [3.8, 4) is 0 Å². The number of nitrogens with one attached hydrogen (secondary N) is 2. The third-order valence-corrected chi connectivity index (χ3v) is 4.58. The van der Waals surface area contributed by atoms with Crippen molar-refractivity contribution >= 4 is 33.6 Å². The first-order chi connectivity index (χ1) is 13.4. The van der Waals surface area contributed by atoms with Gasteiger partial charge in [0.05, 0.1) is 11.0 Å². The Morgan fingerprint density at radius 1 is 1.18 bits per heavy atom. The van der Waals surface area contributed by atoms with Crippen LogP contribution >= 0.6 is 0 Å². The van der Waals surface area contributed by atoms with Gasteiger partial charge in [-0.3, -0.25) is 14.2 Å². The molecule has 0 aliphatic carbocycles. The second-order valence-electron chi connectivity index (χ2n) is 6.51. The number of aromatic amines is 1. The van der Waals surface area contributed by atoms with Gasteiger partial charge in [-0.2, -0.15) is 0 Å². The van der Waals surface area contributed by atoms with E-state index in [0.717, 1.165) is 0 Å². The molecule has 142 valence electrons. The highest BCUT2D eigenvalue weighted by Gasteiger charge is 2.10. The number of hydrogen-bond donors (Lipinski definition) is 2. The predicted molar refractivity (Wildman–Crippen MR) is 103 cm³/mol. The molecule has 0 radical (unpaired) electrons. The fourth-order valence-electron chi connectivity index (χ4n) is 3.09. The smallest absolute Gasteiger partial charge is 0.408 e. The molecule has 0 atom stereocenters. The van der Waals surface area contributed by atoms with E-state index in [-0.39, 0.29) is 24.3 Å². The summed E-state index contributed by atoms with van der Waals surface area (Å²) in [5.41, 5.74) is 2.01. The van der Waals surface area contributed by atoms with Crippen LogP contribution in [0.3, 0.4) is 0 Å². The number of H-pyrrole nitrogens is 1. The Balaban J connectivity index is 1.48. The van der Waals surface area contributed by atoms with Gasteiger partial charge in [0.15, 0.2) is 5.58 Å². The maximum absolute atomic E-state index is 13.3. The first-order valence-corrected chi connectivity index (χ1v) is 8.61. The standard InChI is InChI=1S/C20H16FN3O4/c1-24-16-6-5-14(10-17(16)28-20(24)27)22-18(25)7-3-12-8-11-2-4-13(21)9-15(11)23-19(12)26/h2,4-6,8-10H,3,7H2,1H3,(H,22,25)(H,23,26). The van der Waals surface area contributed by atoms with Gasteiger partial charge in [0.2, 0.25) is 5.91 Å². The van der Waals surface area contributed by atoms with Crippen molar-refractivity contribution in [1.29, 1.82) is 0 Å². The number of carbonyl (C=O) groups is 1. The molecule has 0 saturated carbocycles. The molecule has 0 aliphatic heterocycles. The second-order valence-corrected chi connectivity index (χ2v) is 6.51. The monoisotopic (exact) mass is 381 g/mol. The van der Waals surface area contributed by atoms with Gasteiger partial charge in [0.25, 0.3) is 5.56 Å². The molecule has 1 amide bonds.